The number of carbonyl (C=O) groups is 1. The van der Waals surface area contributed by atoms with Crippen LogP contribution in [0.2, 0.25) is 5.02 Å². The molecule has 0 bridgehead atoms. The maximum Gasteiger partial charge on any atom is 0.299 e. The van der Waals surface area contributed by atoms with Gasteiger partial charge in [-0.2, -0.15) is 9.78 Å². The molecule has 7 nitrogen and oxygen atoms in total. The first-order valence-electron chi connectivity index (χ1n) is 12.4. The second kappa shape index (κ2) is 11.8. The quantitative estimate of drug-likeness (QED) is 0.220. The topological polar surface area (TPSA) is 85.2 Å². The highest BCUT2D eigenvalue weighted by Crippen LogP contribution is 2.29. The zero-order valence-corrected chi connectivity index (χ0v) is 22.2. The molecule has 0 radical (unpaired) electrons. The van der Waals surface area contributed by atoms with Crippen molar-refractivity contribution >= 4 is 28.9 Å². The number of anilines is 2. The van der Waals surface area contributed by atoms with Gasteiger partial charge in [0.2, 0.25) is 0 Å². The van der Waals surface area contributed by atoms with Gasteiger partial charge < -0.3 is 15.4 Å². The monoisotopic (exact) mass is 554 g/mol. The van der Waals surface area contributed by atoms with Crippen LogP contribution < -0.4 is 20.9 Å². The number of ether oxygens (including phenoxy) is 1. The van der Waals surface area contributed by atoms with Gasteiger partial charge in [-0.05, 0) is 84.8 Å². The standard InChI is InChI=1S/C31H24ClFN4O3/c1-20-4-2-7-27(16-20)40-28-19-35-37(26-14-10-23(32)11-15-26)31(39)29(28)36-25-6-3-5-22(17-25)30(38)34-18-21-8-12-24(33)13-9-21/h2-17,19,36H,18H2,1H3,(H,34,38). The fraction of sp³-hybridized carbons (Fsp3) is 0.0645. The molecule has 0 aliphatic rings. The Kier molecular flexibility index (Phi) is 7.89. The molecule has 40 heavy (non-hydrogen) atoms. The highest BCUT2D eigenvalue weighted by Gasteiger charge is 2.16. The van der Waals surface area contributed by atoms with Crippen LogP contribution in [0.1, 0.15) is 21.5 Å². The number of aryl methyl sites for hydroxylation is 1. The lowest BCUT2D eigenvalue weighted by Gasteiger charge is -2.15. The van der Waals surface area contributed by atoms with E-state index >= 15 is 0 Å². The minimum Gasteiger partial charge on any atom is -0.453 e. The molecule has 4 aromatic carbocycles. The maximum absolute atomic E-state index is 13.7. The van der Waals surface area contributed by atoms with Gasteiger partial charge in [-0.3, -0.25) is 9.59 Å². The van der Waals surface area contributed by atoms with Gasteiger partial charge in [0.1, 0.15) is 11.6 Å². The number of hydrogen-bond acceptors (Lipinski definition) is 5. The second-order valence-electron chi connectivity index (χ2n) is 9.01. The van der Waals surface area contributed by atoms with E-state index < -0.39 is 5.56 Å². The Morgan fingerprint density at radius 1 is 0.975 bits per heavy atom. The average Bonchev–Trinajstić information content (AvgIpc) is 2.95. The lowest BCUT2D eigenvalue weighted by molar-refractivity contribution is 0.0951. The fourth-order valence-electron chi connectivity index (χ4n) is 3.97. The van der Waals surface area contributed by atoms with Crippen molar-refractivity contribution in [3.8, 4) is 17.2 Å². The van der Waals surface area contributed by atoms with Crippen LogP contribution in [0.5, 0.6) is 11.5 Å². The zero-order chi connectivity index (χ0) is 28.1. The number of halogens is 2. The van der Waals surface area contributed by atoms with Gasteiger partial charge in [0.25, 0.3) is 11.5 Å². The number of carbonyl (C=O) groups excluding carboxylic acids is 1. The van der Waals surface area contributed by atoms with Crippen molar-refractivity contribution in [1.82, 2.24) is 15.1 Å². The SMILES string of the molecule is Cc1cccc(Oc2cnn(-c3ccc(Cl)cc3)c(=O)c2Nc2cccc(C(=O)NCc3ccc(F)cc3)c2)c1. The third kappa shape index (κ3) is 6.36. The van der Waals surface area contributed by atoms with Crippen molar-refractivity contribution in [1.29, 1.82) is 0 Å². The van der Waals surface area contributed by atoms with Crippen molar-refractivity contribution in [2.75, 3.05) is 5.32 Å². The summed E-state index contributed by atoms with van der Waals surface area (Å²) in [5.41, 5.74) is 2.83. The van der Waals surface area contributed by atoms with Crippen LogP contribution in [-0.2, 0) is 6.54 Å². The molecule has 0 aliphatic carbocycles. The number of rotatable bonds is 8. The molecular formula is C31H24ClFN4O3. The number of hydrogen-bond donors (Lipinski definition) is 2. The van der Waals surface area contributed by atoms with E-state index in [1.165, 1.54) is 23.0 Å². The predicted molar refractivity (Wildman–Crippen MR) is 153 cm³/mol. The van der Waals surface area contributed by atoms with E-state index in [2.05, 4.69) is 15.7 Å². The minimum absolute atomic E-state index is 0.135. The van der Waals surface area contributed by atoms with Crippen molar-refractivity contribution in [2.24, 2.45) is 0 Å². The molecule has 0 aliphatic heterocycles. The van der Waals surface area contributed by atoms with Crippen LogP contribution in [0.25, 0.3) is 5.69 Å². The highest BCUT2D eigenvalue weighted by molar-refractivity contribution is 6.30. The van der Waals surface area contributed by atoms with E-state index in [-0.39, 0.29) is 29.7 Å². The molecule has 2 N–H and O–H groups in total. The Hall–Kier alpha value is -4.95. The van der Waals surface area contributed by atoms with Gasteiger partial charge in [-0.15, -0.1) is 0 Å². The summed E-state index contributed by atoms with van der Waals surface area (Å²) < 4.78 is 20.5. The molecule has 1 heterocycles. The van der Waals surface area contributed by atoms with Gasteiger partial charge in [0, 0.05) is 22.8 Å². The summed E-state index contributed by atoms with van der Waals surface area (Å²) in [5.74, 6) is 0.0951. The number of aromatic nitrogens is 2. The molecule has 0 saturated carbocycles. The van der Waals surface area contributed by atoms with Crippen molar-refractivity contribution in [2.45, 2.75) is 13.5 Å². The molecule has 0 unspecified atom stereocenters. The summed E-state index contributed by atoms with van der Waals surface area (Å²) in [5, 5.41) is 10.8. The van der Waals surface area contributed by atoms with E-state index in [9.17, 15) is 14.0 Å². The predicted octanol–water partition coefficient (Wildman–Crippen LogP) is 6.80. The third-order valence-corrected chi connectivity index (χ3v) is 6.24. The summed E-state index contributed by atoms with van der Waals surface area (Å²) in [6, 6.07) is 26.8. The molecule has 1 aromatic heterocycles. The van der Waals surface area contributed by atoms with Crippen molar-refractivity contribution < 1.29 is 13.9 Å². The Bertz CT molecular complexity index is 1720. The number of amides is 1. The van der Waals surface area contributed by atoms with Crippen molar-refractivity contribution in [3.05, 3.63) is 141 Å². The second-order valence-corrected chi connectivity index (χ2v) is 9.45. The smallest absolute Gasteiger partial charge is 0.299 e. The largest absolute Gasteiger partial charge is 0.453 e. The van der Waals surface area contributed by atoms with Gasteiger partial charge in [0.05, 0.1) is 11.9 Å². The third-order valence-electron chi connectivity index (χ3n) is 5.99. The van der Waals surface area contributed by atoms with Gasteiger partial charge in [0.15, 0.2) is 11.4 Å². The van der Waals surface area contributed by atoms with Gasteiger partial charge in [-0.25, -0.2) is 4.39 Å². The normalized spacial score (nSPS) is 10.7. The minimum atomic E-state index is -0.460. The first-order valence-corrected chi connectivity index (χ1v) is 12.8. The van der Waals surface area contributed by atoms with Crippen LogP contribution in [0, 0.1) is 12.7 Å². The number of nitrogens with one attached hydrogen (secondary N) is 2. The van der Waals surface area contributed by atoms with Crippen LogP contribution >= 0.6 is 11.6 Å². The van der Waals surface area contributed by atoms with Crippen LogP contribution in [0.15, 0.2) is 108 Å². The van der Waals surface area contributed by atoms with E-state index in [4.69, 9.17) is 16.3 Å². The Labute approximate surface area is 234 Å². The summed E-state index contributed by atoms with van der Waals surface area (Å²) >= 11 is 6.02. The van der Waals surface area contributed by atoms with E-state index in [0.717, 1.165) is 11.1 Å². The molecule has 5 rings (SSSR count). The Morgan fingerprint density at radius 3 is 2.48 bits per heavy atom. The first kappa shape index (κ1) is 26.6. The Morgan fingerprint density at radius 2 is 1.73 bits per heavy atom. The molecule has 9 heteroatoms. The molecular weight excluding hydrogens is 531 g/mol. The lowest BCUT2D eigenvalue weighted by Crippen LogP contribution is -2.24. The summed E-state index contributed by atoms with van der Waals surface area (Å²) in [4.78, 5) is 26.5. The van der Waals surface area contributed by atoms with Crippen molar-refractivity contribution in [3.63, 3.8) is 0 Å². The molecule has 200 valence electrons. The van der Waals surface area contributed by atoms with Crippen LogP contribution in [0.3, 0.4) is 0 Å². The molecule has 5 aromatic rings. The number of nitrogens with zero attached hydrogens (tertiary/aromatic N) is 2. The fourth-order valence-corrected chi connectivity index (χ4v) is 4.10. The van der Waals surface area contributed by atoms with E-state index in [0.29, 0.717) is 27.7 Å². The highest BCUT2D eigenvalue weighted by atomic mass is 35.5. The average molecular weight is 555 g/mol. The zero-order valence-electron chi connectivity index (χ0n) is 21.4. The van der Waals surface area contributed by atoms with Crippen LogP contribution in [-0.4, -0.2) is 15.7 Å². The Balaban J connectivity index is 1.45. The summed E-state index contributed by atoms with van der Waals surface area (Å²) in [6.07, 6.45) is 1.46. The first-order chi connectivity index (χ1) is 19.4. The lowest BCUT2D eigenvalue weighted by atomic mass is 10.1. The van der Waals surface area contributed by atoms with E-state index in [1.54, 1.807) is 66.7 Å². The molecule has 0 atom stereocenters. The maximum atomic E-state index is 13.7. The summed E-state index contributed by atoms with van der Waals surface area (Å²) in [7, 11) is 0. The van der Waals surface area contributed by atoms with Crippen LogP contribution in [0.4, 0.5) is 15.8 Å². The molecule has 0 spiro atoms. The molecule has 0 fully saturated rings. The molecule has 1 amide bonds. The van der Waals surface area contributed by atoms with E-state index in [1.807, 2.05) is 25.1 Å². The van der Waals surface area contributed by atoms with Gasteiger partial charge >= 0.3 is 0 Å². The molecule has 0 saturated heterocycles. The number of benzene rings is 4. The summed E-state index contributed by atoms with van der Waals surface area (Å²) in [6.45, 7) is 2.18. The van der Waals surface area contributed by atoms with Gasteiger partial charge in [-0.1, -0.05) is 41.9 Å².